The number of rotatable bonds is 2. The summed E-state index contributed by atoms with van der Waals surface area (Å²) < 4.78 is 5.07. The third-order valence-electron chi connectivity index (χ3n) is 3.33. The van der Waals surface area contributed by atoms with Crippen LogP contribution in [-0.4, -0.2) is 26.6 Å². The van der Waals surface area contributed by atoms with Gasteiger partial charge in [0.1, 0.15) is 11.6 Å². The fraction of sp³-hybridized carbons (Fsp3) is 0.462. The molecule has 1 aliphatic rings. The van der Waals surface area contributed by atoms with Crippen molar-refractivity contribution in [2.24, 2.45) is 0 Å². The Kier molecular flexibility index (Phi) is 2.94. The first kappa shape index (κ1) is 12.1. The van der Waals surface area contributed by atoms with Crippen molar-refractivity contribution in [2.45, 2.75) is 33.4 Å². The highest BCUT2D eigenvalue weighted by Gasteiger charge is 2.21. The summed E-state index contributed by atoms with van der Waals surface area (Å²) in [6.45, 7) is 5.94. The lowest BCUT2D eigenvalue weighted by molar-refractivity contribution is 0.232. The van der Waals surface area contributed by atoms with Crippen molar-refractivity contribution in [2.75, 3.05) is 6.54 Å². The first-order chi connectivity index (χ1) is 9.11. The first-order valence-electron chi connectivity index (χ1n) is 6.35. The van der Waals surface area contributed by atoms with Crippen molar-refractivity contribution >= 4 is 0 Å². The summed E-state index contributed by atoms with van der Waals surface area (Å²) in [4.78, 5) is 21.2. The van der Waals surface area contributed by atoms with Gasteiger partial charge in [-0.15, -0.1) is 0 Å². The zero-order valence-electron chi connectivity index (χ0n) is 11.1. The van der Waals surface area contributed by atoms with Gasteiger partial charge in [-0.2, -0.15) is 0 Å². The Morgan fingerprint density at radius 2 is 2.32 bits per heavy atom. The van der Waals surface area contributed by atoms with E-state index in [1.54, 1.807) is 0 Å². The first-order valence-corrected chi connectivity index (χ1v) is 6.35. The molecule has 0 radical (unpaired) electrons. The van der Waals surface area contributed by atoms with E-state index < -0.39 is 0 Å². The quantitative estimate of drug-likeness (QED) is 0.869. The molecule has 100 valence electrons. The summed E-state index contributed by atoms with van der Waals surface area (Å²) in [6.07, 6.45) is 0.731. The summed E-state index contributed by atoms with van der Waals surface area (Å²) in [6, 6.07) is 1.94. The van der Waals surface area contributed by atoms with Gasteiger partial charge in [0.15, 0.2) is 0 Å². The van der Waals surface area contributed by atoms with Gasteiger partial charge in [0, 0.05) is 31.3 Å². The molecule has 0 amide bonds. The Morgan fingerprint density at radius 3 is 3.05 bits per heavy atom. The fourth-order valence-corrected chi connectivity index (χ4v) is 2.47. The monoisotopic (exact) mass is 260 g/mol. The minimum absolute atomic E-state index is 0.000527. The van der Waals surface area contributed by atoms with E-state index in [1.807, 2.05) is 19.9 Å². The third-order valence-corrected chi connectivity index (χ3v) is 3.33. The highest BCUT2D eigenvalue weighted by atomic mass is 16.5. The van der Waals surface area contributed by atoms with Crippen LogP contribution in [0.3, 0.4) is 0 Å². The topological polar surface area (TPSA) is 75.0 Å². The summed E-state index contributed by atoms with van der Waals surface area (Å²) in [7, 11) is 0. The average Bonchev–Trinajstić information content (AvgIpc) is 2.74. The molecule has 1 N–H and O–H groups in total. The smallest absolute Gasteiger partial charge is 0.254 e. The zero-order chi connectivity index (χ0) is 13.4. The Hall–Kier alpha value is -1.95. The molecule has 2 aromatic rings. The molecule has 6 nitrogen and oxygen atoms in total. The highest BCUT2D eigenvalue weighted by Crippen LogP contribution is 2.16. The number of hydrogen-bond donors (Lipinski definition) is 1. The van der Waals surface area contributed by atoms with Crippen LogP contribution >= 0.6 is 0 Å². The normalized spacial score (nSPS) is 15.5. The number of nitrogens with zero attached hydrogens (tertiary/aromatic N) is 3. The van der Waals surface area contributed by atoms with Gasteiger partial charge in [0.2, 0.25) is 0 Å². The number of hydrogen-bond acceptors (Lipinski definition) is 5. The van der Waals surface area contributed by atoms with Crippen LogP contribution < -0.4 is 5.56 Å². The van der Waals surface area contributed by atoms with Crippen molar-refractivity contribution in [3.63, 3.8) is 0 Å². The second-order valence-electron chi connectivity index (χ2n) is 4.97. The van der Waals surface area contributed by atoms with E-state index in [0.29, 0.717) is 12.4 Å². The van der Waals surface area contributed by atoms with E-state index in [4.69, 9.17) is 4.52 Å². The lowest BCUT2D eigenvalue weighted by Crippen LogP contribution is -2.35. The highest BCUT2D eigenvalue weighted by molar-refractivity contribution is 5.21. The van der Waals surface area contributed by atoms with Crippen molar-refractivity contribution < 1.29 is 4.52 Å². The van der Waals surface area contributed by atoms with E-state index >= 15 is 0 Å². The summed E-state index contributed by atoms with van der Waals surface area (Å²) >= 11 is 0. The van der Waals surface area contributed by atoms with Crippen LogP contribution in [0.15, 0.2) is 15.4 Å². The second kappa shape index (κ2) is 4.62. The molecule has 6 heteroatoms. The van der Waals surface area contributed by atoms with Crippen molar-refractivity contribution in [1.82, 2.24) is 20.0 Å². The average molecular weight is 260 g/mol. The maximum absolute atomic E-state index is 11.8. The second-order valence-corrected chi connectivity index (χ2v) is 4.97. The van der Waals surface area contributed by atoms with E-state index in [0.717, 1.165) is 42.2 Å². The molecule has 0 bridgehead atoms. The van der Waals surface area contributed by atoms with Crippen molar-refractivity contribution in [1.29, 1.82) is 0 Å². The molecule has 3 rings (SSSR count). The maximum Gasteiger partial charge on any atom is 0.254 e. The van der Waals surface area contributed by atoms with Gasteiger partial charge in [0.25, 0.3) is 5.56 Å². The summed E-state index contributed by atoms with van der Waals surface area (Å²) in [5.74, 6) is 1.49. The molecule has 0 saturated heterocycles. The van der Waals surface area contributed by atoms with E-state index in [-0.39, 0.29) is 5.56 Å². The van der Waals surface area contributed by atoms with Crippen LogP contribution in [0.4, 0.5) is 0 Å². The molecule has 0 atom stereocenters. The number of aromatic nitrogens is 3. The molecular weight excluding hydrogens is 244 g/mol. The van der Waals surface area contributed by atoms with E-state index in [9.17, 15) is 4.79 Å². The van der Waals surface area contributed by atoms with E-state index in [1.165, 1.54) is 0 Å². The van der Waals surface area contributed by atoms with Gasteiger partial charge < -0.3 is 9.51 Å². The molecule has 0 saturated carbocycles. The van der Waals surface area contributed by atoms with Gasteiger partial charge in [-0.1, -0.05) is 5.16 Å². The Bertz CT molecular complexity index is 659. The lowest BCUT2D eigenvalue weighted by atomic mass is 10.1. The molecule has 1 aliphatic heterocycles. The van der Waals surface area contributed by atoms with Crippen LogP contribution in [0.25, 0.3) is 0 Å². The molecular formula is C13H16N4O2. The Balaban J connectivity index is 1.80. The predicted molar refractivity (Wildman–Crippen MR) is 68.7 cm³/mol. The molecule has 0 aliphatic carbocycles. The number of fused-ring (bicyclic) bond motifs is 1. The minimum Gasteiger partial charge on any atom is -0.361 e. The molecule has 0 fully saturated rings. The maximum atomic E-state index is 11.8. The van der Waals surface area contributed by atoms with Gasteiger partial charge in [0.05, 0.1) is 11.4 Å². The van der Waals surface area contributed by atoms with Crippen LogP contribution in [0, 0.1) is 13.8 Å². The molecule has 0 aromatic carbocycles. The van der Waals surface area contributed by atoms with E-state index in [2.05, 4.69) is 20.0 Å². The number of nitrogens with one attached hydrogen (secondary N) is 1. The van der Waals surface area contributed by atoms with Crippen LogP contribution in [-0.2, 0) is 19.5 Å². The molecule has 3 heterocycles. The zero-order valence-corrected chi connectivity index (χ0v) is 11.1. The van der Waals surface area contributed by atoms with Gasteiger partial charge in [-0.05, 0) is 20.3 Å². The molecule has 19 heavy (non-hydrogen) atoms. The number of aryl methyl sites for hydroxylation is 2. The minimum atomic E-state index is -0.000527. The lowest BCUT2D eigenvalue weighted by Gasteiger charge is -2.26. The van der Waals surface area contributed by atoms with Gasteiger partial charge >= 0.3 is 0 Å². The van der Waals surface area contributed by atoms with Gasteiger partial charge in [-0.3, -0.25) is 9.69 Å². The third kappa shape index (κ3) is 2.44. The fourth-order valence-electron chi connectivity index (χ4n) is 2.47. The summed E-state index contributed by atoms with van der Waals surface area (Å²) in [5.41, 5.74) is 2.62. The molecule has 2 aromatic heterocycles. The summed E-state index contributed by atoms with van der Waals surface area (Å²) in [5, 5.41) is 4.00. The largest absolute Gasteiger partial charge is 0.361 e. The van der Waals surface area contributed by atoms with Crippen molar-refractivity contribution in [3.8, 4) is 0 Å². The van der Waals surface area contributed by atoms with Crippen LogP contribution in [0.2, 0.25) is 0 Å². The Labute approximate surface area is 110 Å². The Morgan fingerprint density at radius 1 is 1.47 bits per heavy atom. The predicted octanol–water partition coefficient (Wildman–Crippen LogP) is 0.933. The van der Waals surface area contributed by atoms with Gasteiger partial charge in [-0.25, -0.2) is 4.98 Å². The van der Waals surface area contributed by atoms with Crippen molar-refractivity contribution in [3.05, 3.63) is 45.0 Å². The van der Waals surface area contributed by atoms with Crippen LogP contribution in [0.1, 0.15) is 28.5 Å². The standard InChI is InChI=1S/C13H16N4O2/c1-8-5-10(16-19-8)6-17-4-3-11-12(7-17)14-9(2)15-13(11)18/h5H,3-4,6-7H2,1-2H3,(H,14,15,18). The SMILES string of the molecule is Cc1nc2c(c(=O)[nH]1)CCN(Cc1cc(C)on1)C2. The molecule has 0 unspecified atom stereocenters. The number of aromatic amines is 1. The molecule has 0 spiro atoms. The number of H-pyrrole nitrogens is 1. The van der Waals surface area contributed by atoms with Crippen LogP contribution in [0.5, 0.6) is 0 Å².